The summed E-state index contributed by atoms with van der Waals surface area (Å²) < 4.78 is 32.5. The van der Waals surface area contributed by atoms with Crippen molar-refractivity contribution in [2.45, 2.75) is 49.7 Å². The van der Waals surface area contributed by atoms with Crippen LogP contribution in [0.5, 0.6) is 0 Å². The molecule has 1 aromatic heterocycles. The van der Waals surface area contributed by atoms with Gasteiger partial charge in [-0.25, -0.2) is 17.9 Å². The third kappa shape index (κ3) is 3.38. The highest BCUT2D eigenvalue weighted by Gasteiger charge is 2.56. The molecule has 0 saturated carbocycles. The van der Waals surface area contributed by atoms with Crippen molar-refractivity contribution in [1.82, 2.24) is 4.98 Å². The molecule has 2 aromatic rings. The fourth-order valence-electron chi connectivity index (χ4n) is 4.56. The summed E-state index contributed by atoms with van der Waals surface area (Å²) in [5, 5.41) is 11.2. The van der Waals surface area contributed by atoms with Gasteiger partial charge in [-0.3, -0.25) is 9.79 Å². The molecule has 2 aliphatic rings. The maximum absolute atomic E-state index is 15.1. The summed E-state index contributed by atoms with van der Waals surface area (Å²) in [7, 11) is -2.81. The van der Waals surface area contributed by atoms with Crippen molar-refractivity contribution in [3.8, 4) is 6.07 Å². The third-order valence-corrected chi connectivity index (χ3v) is 10.3. The SMILES string of the molecule is Cc1cc(C#N)cnc1C(=O)Nc1ccc(F)c([C@@]2(C)N=C(N)C(C)(C)S3(=O)=NCC[C@H]23)c1. The van der Waals surface area contributed by atoms with Gasteiger partial charge in [-0.1, -0.05) is 0 Å². The number of aromatic nitrogens is 1. The van der Waals surface area contributed by atoms with E-state index >= 15 is 4.39 Å². The van der Waals surface area contributed by atoms with E-state index in [9.17, 15) is 9.00 Å². The number of nitriles is 1. The first kappa shape index (κ1) is 22.9. The predicted octanol–water partition coefficient (Wildman–Crippen LogP) is 3.26. The zero-order valence-corrected chi connectivity index (χ0v) is 19.7. The maximum Gasteiger partial charge on any atom is 0.274 e. The molecule has 4 rings (SSSR count). The van der Waals surface area contributed by atoms with E-state index in [2.05, 4.69) is 19.7 Å². The molecule has 8 nitrogen and oxygen atoms in total. The summed E-state index contributed by atoms with van der Waals surface area (Å²) in [4.78, 5) is 21.5. The number of amides is 1. The Morgan fingerprint density at radius 3 is 2.73 bits per heavy atom. The van der Waals surface area contributed by atoms with E-state index in [1.165, 1.54) is 24.4 Å². The first-order chi connectivity index (χ1) is 15.4. The number of nitrogens with one attached hydrogen (secondary N) is 1. The average molecular weight is 469 g/mol. The van der Waals surface area contributed by atoms with Gasteiger partial charge in [0, 0.05) is 24.0 Å². The highest BCUT2D eigenvalue weighted by molar-refractivity contribution is 7.96. The zero-order chi connectivity index (χ0) is 24.2. The van der Waals surface area contributed by atoms with Crippen LogP contribution in [-0.2, 0) is 15.3 Å². The number of aliphatic imine (C=N–C) groups is 1. The normalized spacial score (nSPS) is 27.6. The topological polar surface area (TPSA) is 134 Å². The number of nitrogens with zero attached hydrogens (tertiary/aromatic N) is 4. The van der Waals surface area contributed by atoms with Crippen molar-refractivity contribution >= 4 is 27.2 Å². The van der Waals surface area contributed by atoms with Crippen LogP contribution in [0.4, 0.5) is 10.1 Å². The van der Waals surface area contributed by atoms with Crippen LogP contribution in [0.3, 0.4) is 0 Å². The Morgan fingerprint density at radius 2 is 2.06 bits per heavy atom. The van der Waals surface area contributed by atoms with Crippen LogP contribution >= 0.6 is 0 Å². The standard InChI is InChI=1S/C23H25FN6O2S/c1-13-9-14(11-25)12-27-19(13)20(31)29-15-5-6-17(24)16(10-15)23(4)18-7-8-28-33(18,32)22(2,3)21(26)30-23/h5-6,9-10,12,18H,7-8H2,1-4H3,(H2,26,30)(H,29,31)/t18-,23-,33?/m1/s1. The number of hydrogen-bond donors (Lipinski definition) is 2. The second kappa shape index (κ2) is 7.63. The van der Waals surface area contributed by atoms with Gasteiger partial charge >= 0.3 is 0 Å². The summed E-state index contributed by atoms with van der Waals surface area (Å²) in [5.74, 6) is -0.858. The van der Waals surface area contributed by atoms with Gasteiger partial charge in [0.25, 0.3) is 5.91 Å². The Kier molecular flexibility index (Phi) is 5.28. The van der Waals surface area contributed by atoms with Gasteiger partial charge < -0.3 is 11.1 Å². The molecule has 3 N–H and O–H groups in total. The highest BCUT2D eigenvalue weighted by atomic mass is 32.2. The Labute approximate surface area is 192 Å². The number of nitrogens with two attached hydrogens (primary N) is 1. The number of rotatable bonds is 3. The van der Waals surface area contributed by atoms with Gasteiger partial charge in [0.15, 0.2) is 0 Å². The van der Waals surface area contributed by atoms with Crippen LogP contribution in [0, 0.1) is 24.1 Å². The van der Waals surface area contributed by atoms with E-state index in [4.69, 9.17) is 11.0 Å². The van der Waals surface area contributed by atoms with Gasteiger partial charge in [-0.15, -0.1) is 0 Å². The van der Waals surface area contributed by atoms with Crippen LogP contribution in [0.1, 0.15) is 54.4 Å². The molecule has 3 atom stereocenters. The van der Waals surface area contributed by atoms with E-state index in [-0.39, 0.29) is 17.1 Å². The molecule has 3 heterocycles. The molecule has 1 unspecified atom stereocenters. The number of halogens is 1. The molecule has 172 valence electrons. The smallest absolute Gasteiger partial charge is 0.274 e. The number of hydrogen-bond acceptors (Lipinski definition) is 7. The number of anilines is 1. The molecule has 10 heteroatoms. The van der Waals surface area contributed by atoms with Crippen molar-refractivity contribution in [3.63, 3.8) is 0 Å². The number of aryl methyl sites for hydroxylation is 1. The molecule has 0 bridgehead atoms. The molecule has 0 fully saturated rings. The summed E-state index contributed by atoms with van der Waals surface area (Å²) in [5.41, 5.74) is 6.61. The van der Waals surface area contributed by atoms with Gasteiger partial charge in [-0.05, 0) is 63.9 Å². The third-order valence-electron chi connectivity index (χ3n) is 6.58. The molecule has 0 aliphatic carbocycles. The quantitative estimate of drug-likeness (QED) is 0.713. The average Bonchev–Trinajstić information content (AvgIpc) is 3.18. The molecule has 0 radical (unpaired) electrons. The van der Waals surface area contributed by atoms with Gasteiger partial charge in [0.2, 0.25) is 0 Å². The minimum absolute atomic E-state index is 0.158. The van der Waals surface area contributed by atoms with Crippen molar-refractivity contribution in [1.29, 1.82) is 5.26 Å². The fraction of sp³-hybridized carbons (Fsp3) is 0.391. The lowest BCUT2D eigenvalue weighted by molar-refractivity contribution is 0.102. The molecular weight excluding hydrogens is 443 g/mol. The highest BCUT2D eigenvalue weighted by Crippen LogP contribution is 2.48. The Morgan fingerprint density at radius 1 is 1.33 bits per heavy atom. The summed E-state index contributed by atoms with van der Waals surface area (Å²) in [6.07, 6.45) is 1.82. The molecule has 33 heavy (non-hydrogen) atoms. The van der Waals surface area contributed by atoms with Crippen LogP contribution in [-0.4, -0.2) is 37.5 Å². The van der Waals surface area contributed by atoms with Gasteiger partial charge in [0.05, 0.1) is 20.5 Å². The first-order valence-corrected chi connectivity index (χ1v) is 12.1. The van der Waals surface area contributed by atoms with Gasteiger partial charge in [-0.2, -0.15) is 5.26 Å². The second-order valence-corrected chi connectivity index (χ2v) is 12.0. The summed E-state index contributed by atoms with van der Waals surface area (Å²) in [6.45, 7) is 7.32. The number of fused-ring (bicyclic) bond motifs is 1. The van der Waals surface area contributed by atoms with E-state index in [0.29, 0.717) is 29.8 Å². The number of amidine groups is 1. The molecule has 1 aromatic carbocycles. The van der Waals surface area contributed by atoms with Crippen LogP contribution in [0.15, 0.2) is 39.8 Å². The minimum Gasteiger partial charge on any atom is -0.386 e. The minimum atomic E-state index is -2.81. The van der Waals surface area contributed by atoms with Crippen molar-refractivity contribution in [2.75, 3.05) is 11.9 Å². The maximum atomic E-state index is 15.1. The predicted molar refractivity (Wildman–Crippen MR) is 125 cm³/mol. The van der Waals surface area contributed by atoms with Crippen LogP contribution in [0.2, 0.25) is 0 Å². The molecule has 0 saturated heterocycles. The monoisotopic (exact) mass is 468 g/mol. The fourth-order valence-corrected chi connectivity index (χ4v) is 7.72. The second-order valence-electron chi connectivity index (χ2n) is 9.00. The van der Waals surface area contributed by atoms with Crippen molar-refractivity contribution in [2.24, 2.45) is 15.1 Å². The lowest BCUT2D eigenvalue weighted by Gasteiger charge is -2.44. The van der Waals surface area contributed by atoms with E-state index in [0.717, 1.165) is 0 Å². The molecule has 0 spiro atoms. The van der Waals surface area contributed by atoms with Crippen molar-refractivity contribution in [3.05, 3.63) is 58.7 Å². The number of benzene rings is 1. The molecule has 1 amide bonds. The van der Waals surface area contributed by atoms with Crippen LogP contribution in [0.25, 0.3) is 0 Å². The molecular formula is C23H25FN6O2S. The van der Waals surface area contributed by atoms with E-state index < -0.39 is 37.0 Å². The Balaban J connectivity index is 1.75. The zero-order valence-electron chi connectivity index (χ0n) is 18.8. The number of pyridine rings is 1. The Hall–Kier alpha value is -3.32. The Bertz CT molecular complexity index is 1370. The van der Waals surface area contributed by atoms with E-state index in [1.54, 1.807) is 33.8 Å². The van der Waals surface area contributed by atoms with Gasteiger partial charge in [0.1, 0.15) is 33.7 Å². The van der Waals surface area contributed by atoms with E-state index in [1.807, 2.05) is 6.07 Å². The van der Waals surface area contributed by atoms with Crippen LogP contribution < -0.4 is 11.1 Å². The first-order valence-electron chi connectivity index (χ1n) is 10.5. The largest absolute Gasteiger partial charge is 0.386 e. The lowest BCUT2D eigenvalue weighted by Crippen LogP contribution is -2.58. The summed E-state index contributed by atoms with van der Waals surface area (Å²) in [6, 6.07) is 7.73. The number of carbonyl (C=O) groups is 1. The van der Waals surface area contributed by atoms with Crippen molar-refractivity contribution < 1.29 is 13.4 Å². The molecule has 2 aliphatic heterocycles. The lowest BCUT2D eigenvalue weighted by atomic mass is 9.85. The number of carbonyl (C=O) groups excluding carboxylic acids is 1. The summed E-state index contributed by atoms with van der Waals surface area (Å²) >= 11 is 0.